The highest BCUT2D eigenvalue weighted by Crippen LogP contribution is 2.36. The molecular formula is C22H24BrNO7. The Hall–Kier alpha value is -2.94. The average Bonchev–Trinajstić information content (AvgIpc) is 2.78. The zero-order chi connectivity index (χ0) is 22.4. The van der Waals surface area contributed by atoms with Crippen molar-refractivity contribution in [1.29, 1.82) is 0 Å². The van der Waals surface area contributed by atoms with Crippen LogP contribution in [-0.2, 0) is 20.7 Å². The first-order valence-corrected chi connectivity index (χ1v) is 10.4. The van der Waals surface area contributed by atoms with E-state index in [1.807, 2.05) is 0 Å². The standard InChI is InChI=1S/C22H24BrNO7/c1-27-17-5-4-13(8-18(17)28-2)16(12-22(26)29-3)24-21(25)10-14-9-19-20(11-15(14)23)31-7-6-30-19/h4-5,8-9,11,16H,6-7,10,12H2,1-3H3,(H,24,25). The summed E-state index contributed by atoms with van der Waals surface area (Å²) < 4.78 is 27.3. The fourth-order valence-electron chi connectivity index (χ4n) is 3.23. The molecule has 1 heterocycles. The van der Waals surface area contributed by atoms with Gasteiger partial charge in [-0.2, -0.15) is 0 Å². The number of methoxy groups -OCH3 is 3. The molecule has 9 heteroatoms. The quantitative estimate of drug-likeness (QED) is 0.564. The van der Waals surface area contributed by atoms with Crippen LogP contribution in [0.25, 0.3) is 0 Å². The summed E-state index contributed by atoms with van der Waals surface area (Å²) in [4.78, 5) is 24.8. The van der Waals surface area contributed by atoms with Crippen LogP contribution >= 0.6 is 15.9 Å². The Balaban J connectivity index is 1.80. The van der Waals surface area contributed by atoms with E-state index in [1.165, 1.54) is 21.3 Å². The van der Waals surface area contributed by atoms with Crippen molar-refractivity contribution in [3.63, 3.8) is 0 Å². The van der Waals surface area contributed by atoms with E-state index in [0.29, 0.717) is 41.8 Å². The van der Waals surface area contributed by atoms with Gasteiger partial charge in [0.25, 0.3) is 0 Å². The van der Waals surface area contributed by atoms with E-state index in [4.69, 9.17) is 23.7 Å². The normalized spacial score (nSPS) is 13.2. The summed E-state index contributed by atoms with van der Waals surface area (Å²) in [6.45, 7) is 0.945. The Kier molecular flexibility index (Phi) is 7.62. The lowest BCUT2D eigenvalue weighted by Gasteiger charge is -2.21. The average molecular weight is 494 g/mol. The van der Waals surface area contributed by atoms with Crippen LogP contribution in [0.5, 0.6) is 23.0 Å². The number of carbonyl (C=O) groups is 2. The van der Waals surface area contributed by atoms with Crippen molar-refractivity contribution in [3.8, 4) is 23.0 Å². The second kappa shape index (κ2) is 10.4. The number of benzene rings is 2. The van der Waals surface area contributed by atoms with Crippen molar-refractivity contribution in [3.05, 3.63) is 45.9 Å². The molecule has 0 bridgehead atoms. The first kappa shape index (κ1) is 22.7. The second-order valence-corrected chi connectivity index (χ2v) is 7.63. The molecule has 1 unspecified atom stereocenters. The third kappa shape index (κ3) is 5.61. The van der Waals surface area contributed by atoms with Crippen LogP contribution in [0.3, 0.4) is 0 Å². The Morgan fingerprint density at radius 3 is 2.35 bits per heavy atom. The zero-order valence-corrected chi connectivity index (χ0v) is 19.1. The molecule has 2 aromatic rings. The van der Waals surface area contributed by atoms with Gasteiger partial charge >= 0.3 is 5.97 Å². The van der Waals surface area contributed by atoms with Gasteiger partial charge in [-0.3, -0.25) is 9.59 Å². The van der Waals surface area contributed by atoms with Gasteiger partial charge in [-0.1, -0.05) is 22.0 Å². The highest BCUT2D eigenvalue weighted by molar-refractivity contribution is 9.10. The molecule has 0 saturated carbocycles. The van der Waals surface area contributed by atoms with Crippen LogP contribution in [-0.4, -0.2) is 46.4 Å². The molecule has 0 saturated heterocycles. The molecule has 31 heavy (non-hydrogen) atoms. The van der Waals surface area contributed by atoms with Crippen molar-refractivity contribution in [2.75, 3.05) is 34.5 Å². The van der Waals surface area contributed by atoms with E-state index in [-0.39, 0.29) is 18.7 Å². The minimum Gasteiger partial charge on any atom is -0.493 e. The molecule has 166 valence electrons. The van der Waals surface area contributed by atoms with Gasteiger partial charge in [-0.05, 0) is 35.4 Å². The molecular weight excluding hydrogens is 470 g/mol. The van der Waals surface area contributed by atoms with Crippen LogP contribution in [0, 0.1) is 0 Å². The molecule has 0 aromatic heterocycles. The summed E-state index contributed by atoms with van der Waals surface area (Å²) in [5.41, 5.74) is 1.43. The zero-order valence-electron chi connectivity index (χ0n) is 17.5. The summed E-state index contributed by atoms with van der Waals surface area (Å²) in [5, 5.41) is 2.91. The lowest BCUT2D eigenvalue weighted by atomic mass is 10.0. The van der Waals surface area contributed by atoms with Gasteiger partial charge in [0.1, 0.15) is 13.2 Å². The summed E-state index contributed by atoms with van der Waals surface area (Å²) >= 11 is 3.48. The molecule has 8 nitrogen and oxygen atoms in total. The van der Waals surface area contributed by atoms with Crippen molar-refractivity contribution in [2.45, 2.75) is 18.9 Å². The number of halogens is 1. The van der Waals surface area contributed by atoms with Crippen LogP contribution in [0.15, 0.2) is 34.8 Å². The van der Waals surface area contributed by atoms with Gasteiger partial charge in [0.2, 0.25) is 5.91 Å². The maximum atomic E-state index is 12.9. The first-order valence-electron chi connectivity index (χ1n) is 9.61. The van der Waals surface area contributed by atoms with Gasteiger partial charge in [0, 0.05) is 4.47 Å². The first-order chi connectivity index (χ1) is 14.9. The minimum absolute atomic E-state index is 0.0277. The fourth-order valence-corrected chi connectivity index (χ4v) is 3.69. The SMILES string of the molecule is COC(=O)CC(NC(=O)Cc1cc2c(cc1Br)OCCO2)c1ccc(OC)c(OC)c1. The highest BCUT2D eigenvalue weighted by atomic mass is 79.9. The smallest absolute Gasteiger partial charge is 0.307 e. The van der Waals surface area contributed by atoms with Gasteiger partial charge in [0.05, 0.1) is 40.2 Å². The molecule has 1 aliphatic rings. The van der Waals surface area contributed by atoms with Gasteiger partial charge in [-0.15, -0.1) is 0 Å². The van der Waals surface area contributed by atoms with Gasteiger partial charge < -0.3 is 29.0 Å². The Bertz CT molecular complexity index is 963. The molecule has 0 fully saturated rings. The Morgan fingerprint density at radius 2 is 1.71 bits per heavy atom. The largest absolute Gasteiger partial charge is 0.493 e. The van der Waals surface area contributed by atoms with E-state index in [0.717, 1.165) is 10.0 Å². The number of carbonyl (C=O) groups excluding carboxylic acids is 2. The summed E-state index contributed by atoms with van der Waals surface area (Å²) in [5.74, 6) is 1.58. The molecule has 3 rings (SSSR count). The van der Waals surface area contributed by atoms with Crippen molar-refractivity contribution in [1.82, 2.24) is 5.32 Å². The van der Waals surface area contributed by atoms with Crippen LogP contribution in [0.4, 0.5) is 0 Å². The number of esters is 1. The molecule has 0 aliphatic carbocycles. The molecule has 1 N–H and O–H groups in total. The molecule has 1 amide bonds. The maximum absolute atomic E-state index is 12.9. The minimum atomic E-state index is -0.601. The molecule has 0 spiro atoms. The molecule has 1 aliphatic heterocycles. The monoisotopic (exact) mass is 493 g/mol. The van der Waals surface area contributed by atoms with Crippen LogP contribution in [0.1, 0.15) is 23.6 Å². The van der Waals surface area contributed by atoms with Crippen LogP contribution in [0.2, 0.25) is 0 Å². The number of nitrogens with one attached hydrogen (secondary N) is 1. The van der Waals surface area contributed by atoms with E-state index in [1.54, 1.807) is 30.3 Å². The molecule has 1 atom stereocenters. The molecule has 2 aromatic carbocycles. The number of fused-ring (bicyclic) bond motifs is 1. The summed E-state index contributed by atoms with van der Waals surface area (Å²) in [7, 11) is 4.37. The summed E-state index contributed by atoms with van der Waals surface area (Å²) in [6.07, 6.45) is 0.0578. The lowest BCUT2D eigenvalue weighted by Crippen LogP contribution is -2.31. The number of hydrogen-bond acceptors (Lipinski definition) is 7. The predicted octanol–water partition coefficient (Wildman–Crippen LogP) is 3.20. The number of amides is 1. The topological polar surface area (TPSA) is 92.3 Å². The van der Waals surface area contributed by atoms with E-state index >= 15 is 0 Å². The Labute approximate surface area is 188 Å². The van der Waals surface area contributed by atoms with Crippen molar-refractivity contribution in [2.24, 2.45) is 0 Å². The Morgan fingerprint density at radius 1 is 1.03 bits per heavy atom. The van der Waals surface area contributed by atoms with Crippen LogP contribution < -0.4 is 24.3 Å². The lowest BCUT2D eigenvalue weighted by molar-refractivity contribution is -0.141. The predicted molar refractivity (Wildman–Crippen MR) is 116 cm³/mol. The fraction of sp³-hybridized carbons (Fsp3) is 0.364. The van der Waals surface area contributed by atoms with E-state index < -0.39 is 12.0 Å². The van der Waals surface area contributed by atoms with E-state index in [9.17, 15) is 9.59 Å². The van der Waals surface area contributed by atoms with Gasteiger partial charge in [0.15, 0.2) is 23.0 Å². The van der Waals surface area contributed by atoms with E-state index in [2.05, 4.69) is 21.2 Å². The van der Waals surface area contributed by atoms with Gasteiger partial charge in [-0.25, -0.2) is 0 Å². The third-order valence-corrected chi connectivity index (χ3v) is 5.54. The number of hydrogen-bond donors (Lipinski definition) is 1. The third-order valence-electron chi connectivity index (χ3n) is 4.81. The van der Waals surface area contributed by atoms with Crippen molar-refractivity contribution < 1.29 is 33.3 Å². The highest BCUT2D eigenvalue weighted by Gasteiger charge is 2.22. The van der Waals surface area contributed by atoms with Crippen molar-refractivity contribution >= 4 is 27.8 Å². The second-order valence-electron chi connectivity index (χ2n) is 6.78. The number of ether oxygens (including phenoxy) is 5. The molecule has 0 radical (unpaired) electrons. The number of rotatable bonds is 8. The summed E-state index contributed by atoms with van der Waals surface area (Å²) in [6, 6.07) is 8.20. The maximum Gasteiger partial charge on any atom is 0.307 e.